The molecule has 0 aliphatic rings. The van der Waals surface area contributed by atoms with Crippen molar-refractivity contribution in [3.8, 4) is 0 Å². The Kier molecular flexibility index (Phi) is 3.38. The van der Waals surface area contributed by atoms with Gasteiger partial charge in [0.2, 0.25) is 5.28 Å². The van der Waals surface area contributed by atoms with Gasteiger partial charge in [-0.15, -0.1) is 0 Å². The molecule has 0 aliphatic heterocycles. The predicted molar refractivity (Wildman–Crippen MR) is 69.5 cm³/mol. The van der Waals surface area contributed by atoms with Crippen LogP contribution < -0.4 is 11.1 Å². The number of hydrogen-bond acceptors (Lipinski definition) is 6. The van der Waals surface area contributed by atoms with Gasteiger partial charge < -0.3 is 15.6 Å². The van der Waals surface area contributed by atoms with Crippen LogP contribution in [0.5, 0.6) is 0 Å². The van der Waals surface area contributed by atoms with E-state index in [4.69, 9.17) is 21.9 Å². The average molecular weight is 268 g/mol. The zero-order valence-corrected chi connectivity index (χ0v) is 11.2. The van der Waals surface area contributed by atoms with Crippen molar-refractivity contribution in [1.82, 2.24) is 15.1 Å². The van der Waals surface area contributed by atoms with Crippen LogP contribution >= 0.6 is 11.6 Å². The van der Waals surface area contributed by atoms with E-state index < -0.39 is 0 Å². The van der Waals surface area contributed by atoms with Crippen molar-refractivity contribution < 1.29 is 4.52 Å². The van der Waals surface area contributed by atoms with Crippen LogP contribution in [-0.2, 0) is 6.54 Å². The van der Waals surface area contributed by atoms with Gasteiger partial charge in [0.25, 0.3) is 0 Å². The van der Waals surface area contributed by atoms with Gasteiger partial charge in [0.15, 0.2) is 5.82 Å². The highest BCUT2D eigenvalue weighted by Gasteiger charge is 2.11. The molecule has 6 nitrogen and oxygen atoms in total. The van der Waals surface area contributed by atoms with E-state index in [0.717, 1.165) is 17.0 Å². The third kappa shape index (κ3) is 2.38. The first-order valence-corrected chi connectivity index (χ1v) is 5.82. The molecule has 0 saturated carbocycles. The van der Waals surface area contributed by atoms with Crippen LogP contribution in [0, 0.1) is 20.8 Å². The summed E-state index contributed by atoms with van der Waals surface area (Å²) in [6, 6.07) is 0. The lowest BCUT2D eigenvalue weighted by Gasteiger charge is -2.09. The van der Waals surface area contributed by atoms with Gasteiger partial charge in [-0.1, -0.05) is 5.16 Å². The van der Waals surface area contributed by atoms with Crippen molar-refractivity contribution in [2.45, 2.75) is 27.3 Å². The summed E-state index contributed by atoms with van der Waals surface area (Å²) < 4.78 is 5.08. The Bertz CT molecular complexity index is 562. The zero-order chi connectivity index (χ0) is 13.3. The minimum absolute atomic E-state index is 0.169. The molecule has 2 heterocycles. The first kappa shape index (κ1) is 12.6. The Morgan fingerprint density at radius 2 is 1.94 bits per heavy atom. The number of nitrogens with zero attached hydrogens (tertiary/aromatic N) is 3. The van der Waals surface area contributed by atoms with Crippen molar-refractivity contribution in [3.05, 3.63) is 28.0 Å². The van der Waals surface area contributed by atoms with Gasteiger partial charge in [0, 0.05) is 12.1 Å². The van der Waals surface area contributed by atoms with E-state index in [1.165, 1.54) is 0 Å². The molecule has 3 N–H and O–H groups in total. The summed E-state index contributed by atoms with van der Waals surface area (Å²) in [5.74, 6) is 1.29. The minimum Gasteiger partial charge on any atom is -0.394 e. The lowest BCUT2D eigenvalue weighted by molar-refractivity contribution is 0.392. The van der Waals surface area contributed by atoms with Gasteiger partial charge in [-0.3, -0.25) is 0 Å². The maximum Gasteiger partial charge on any atom is 0.224 e. The summed E-state index contributed by atoms with van der Waals surface area (Å²) in [4.78, 5) is 8.03. The molecular formula is C11H14ClN5O. The SMILES string of the molecule is Cc1nc(Cl)nc(NCc2c(C)noc2C)c1N. The number of halogens is 1. The fraction of sp³-hybridized carbons (Fsp3) is 0.364. The molecule has 0 atom stereocenters. The summed E-state index contributed by atoms with van der Waals surface area (Å²) in [5, 5.41) is 7.17. The van der Waals surface area contributed by atoms with Gasteiger partial charge in [-0.25, -0.2) is 4.98 Å². The van der Waals surface area contributed by atoms with E-state index in [1.807, 2.05) is 13.8 Å². The molecule has 0 amide bonds. The fourth-order valence-electron chi connectivity index (χ4n) is 1.61. The van der Waals surface area contributed by atoms with Crippen LogP contribution in [0.4, 0.5) is 11.5 Å². The molecule has 0 aromatic carbocycles. The fourth-order valence-corrected chi connectivity index (χ4v) is 1.82. The lowest BCUT2D eigenvalue weighted by atomic mass is 10.2. The molecule has 0 bridgehead atoms. The second-order valence-electron chi connectivity index (χ2n) is 4.00. The molecule has 0 fully saturated rings. The van der Waals surface area contributed by atoms with Gasteiger partial charge in [-0.2, -0.15) is 4.98 Å². The van der Waals surface area contributed by atoms with Gasteiger partial charge >= 0.3 is 0 Å². The number of nitrogen functional groups attached to an aromatic ring is 1. The number of nitrogens with two attached hydrogens (primary N) is 1. The van der Waals surface area contributed by atoms with Crippen molar-refractivity contribution in [1.29, 1.82) is 0 Å². The third-order valence-electron chi connectivity index (χ3n) is 2.72. The molecule has 0 saturated heterocycles. The Hall–Kier alpha value is -1.82. The Labute approximate surface area is 110 Å². The van der Waals surface area contributed by atoms with Crippen LogP contribution in [0.2, 0.25) is 5.28 Å². The summed E-state index contributed by atoms with van der Waals surface area (Å²) in [6.07, 6.45) is 0. The third-order valence-corrected chi connectivity index (χ3v) is 2.89. The monoisotopic (exact) mass is 267 g/mol. The maximum absolute atomic E-state index is 5.88. The van der Waals surface area contributed by atoms with E-state index in [1.54, 1.807) is 6.92 Å². The molecule has 0 aliphatic carbocycles. The summed E-state index contributed by atoms with van der Waals surface area (Å²) in [6.45, 7) is 6.05. The molecule has 0 spiro atoms. The van der Waals surface area contributed by atoms with Gasteiger partial charge in [0.1, 0.15) is 5.76 Å². The molecular weight excluding hydrogens is 254 g/mol. The summed E-state index contributed by atoms with van der Waals surface area (Å²) in [7, 11) is 0. The normalized spacial score (nSPS) is 10.7. The van der Waals surface area contributed by atoms with Crippen molar-refractivity contribution in [2.24, 2.45) is 0 Å². The standard InChI is InChI=1S/C11H14ClN5O/c1-5-8(7(3)18-17-5)4-14-10-9(13)6(2)15-11(12)16-10/h4,13H2,1-3H3,(H,14,15,16). The maximum atomic E-state index is 5.88. The molecule has 7 heteroatoms. The highest BCUT2D eigenvalue weighted by atomic mass is 35.5. The largest absolute Gasteiger partial charge is 0.394 e. The summed E-state index contributed by atoms with van der Waals surface area (Å²) >= 11 is 5.80. The number of anilines is 2. The molecule has 2 rings (SSSR count). The molecule has 0 unspecified atom stereocenters. The average Bonchev–Trinajstić information content (AvgIpc) is 2.62. The Morgan fingerprint density at radius 1 is 1.22 bits per heavy atom. The molecule has 96 valence electrons. The first-order valence-electron chi connectivity index (χ1n) is 5.44. The molecule has 2 aromatic rings. The topological polar surface area (TPSA) is 89.9 Å². The van der Waals surface area contributed by atoms with Crippen molar-refractivity contribution >= 4 is 23.1 Å². The van der Waals surface area contributed by atoms with Gasteiger partial charge in [-0.05, 0) is 32.4 Å². The van der Waals surface area contributed by atoms with Crippen LogP contribution in [-0.4, -0.2) is 15.1 Å². The number of nitrogens with one attached hydrogen (secondary N) is 1. The highest BCUT2D eigenvalue weighted by molar-refractivity contribution is 6.28. The van der Waals surface area contributed by atoms with E-state index >= 15 is 0 Å². The Morgan fingerprint density at radius 3 is 2.56 bits per heavy atom. The van der Waals surface area contributed by atoms with Gasteiger partial charge in [0.05, 0.1) is 17.1 Å². The smallest absolute Gasteiger partial charge is 0.224 e. The van der Waals surface area contributed by atoms with Crippen LogP contribution in [0.15, 0.2) is 4.52 Å². The van der Waals surface area contributed by atoms with E-state index in [-0.39, 0.29) is 5.28 Å². The van der Waals surface area contributed by atoms with Crippen LogP contribution in [0.1, 0.15) is 22.7 Å². The minimum atomic E-state index is 0.169. The number of hydrogen-bond donors (Lipinski definition) is 2. The lowest BCUT2D eigenvalue weighted by Crippen LogP contribution is -2.08. The zero-order valence-electron chi connectivity index (χ0n) is 10.4. The van der Waals surface area contributed by atoms with Crippen LogP contribution in [0.3, 0.4) is 0 Å². The number of aryl methyl sites for hydroxylation is 3. The molecule has 0 radical (unpaired) electrons. The van der Waals surface area contributed by atoms with E-state index in [0.29, 0.717) is 23.7 Å². The van der Waals surface area contributed by atoms with Crippen molar-refractivity contribution in [3.63, 3.8) is 0 Å². The number of aromatic nitrogens is 3. The quantitative estimate of drug-likeness (QED) is 0.829. The highest BCUT2D eigenvalue weighted by Crippen LogP contribution is 2.22. The molecule has 18 heavy (non-hydrogen) atoms. The van der Waals surface area contributed by atoms with Crippen molar-refractivity contribution in [2.75, 3.05) is 11.1 Å². The second-order valence-corrected chi connectivity index (χ2v) is 4.33. The first-order chi connectivity index (χ1) is 8.49. The summed E-state index contributed by atoms with van der Waals surface area (Å²) in [5.41, 5.74) is 8.85. The van der Waals surface area contributed by atoms with E-state index in [9.17, 15) is 0 Å². The predicted octanol–water partition coefficient (Wildman–Crippen LogP) is 2.24. The number of rotatable bonds is 3. The van der Waals surface area contributed by atoms with E-state index in [2.05, 4.69) is 20.4 Å². The molecule has 2 aromatic heterocycles. The van der Waals surface area contributed by atoms with Crippen LogP contribution in [0.25, 0.3) is 0 Å². The Balaban J connectivity index is 2.21. The second kappa shape index (κ2) is 4.81.